The molecule has 0 unspecified atom stereocenters. The highest BCUT2D eigenvalue weighted by Gasteiger charge is 2.32. The molecule has 214 valence electrons. The molecule has 1 fully saturated rings. The van der Waals surface area contributed by atoms with Gasteiger partial charge in [0.2, 0.25) is 5.95 Å². The van der Waals surface area contributed by atoms with E-state index in [-0.39, 0.29) is 39.9 Å². The molecule has 6 rings (SSSR count). The summed E-state index contributed by atoms with van der Waals surface area (Å²) in [5.74, 6) is 1.65. The highest BCUT2D eigenvalue weighted by Crippen LogP contribution is 2.38. The van der Waals surface area contributed by atoms with Crippen LogP contribution in [0.25, 0.3) is 16.7 Å². The van der Waals surface area contributed by atoms with Gasteiger partial charge in [-0.25, -0.2) is 14.5 Å². The van der Waals surface area contributed by atoms with Crippen LogP contribution in [0.4, 0.5) is 30.6 Å². The molecule has 1 saturated heterocycles. The third-order valence-electron chi connectivity index (χ3n) is 6.79. The maximum atomic E-state index is 13.7. The van der Waals surface area contributed by atoms with Crippen LogP contribution in [0.5, 0.6) is 17.2 Å². The molecule has 1 aliphatic heterocycles. The fourth-order valence-corrected chi connectivity index (χ4v) is 5.00. The number of imidazole rings is 1. The molecular weight excluding hydrogens is 563 g/mol. The predicted molar refractivity (Wildman–Crippen MR) is 147 cm³/mol. The molecule has 5 aromatic rings. The van der Waals surface area contributed by atoms with E-state index in [4.69, 9.17) is 21.1 Å². The Labute approximate surface area is 236 Å². The van der Waals surface area contributed by atoms with Crippen LogP contribution in [0.1, 0.15) is 12.0 Å². The molecule has 0 bridgehead atoms. The number of nitrogens with one attached hydrogen (secondary N) is 2. The second-order valence-electron chi connectivity index (χ2n) is 9.73. The summed E-state index contributed by atoms with van der Waals surface area (Å²) in [6, 6.07) is 3.54. The Bertz CT molecular complexity index is 1750. The standard InChI is InChI=1S/C26H25ClF3N9O2/c1-31-21-13-39-18(9-32-21)19(11-34-39)41-20-10-33-24-23(22(20)27)38(3)25(36-24)35-15-6-14(26(28,29)30)7-17(8-15)40-16-4-5-37(2)12-16/h6-11,13,16,31H,4-5,12H2,1-3H3,(H,33,35,36)/t16-/m0/s1. The van der Waals surface area contributed by atoms with Gasteiger partial charge in [-0.3, -0.25) is 0 Å². The summed E-state index contributed by atoms with van der Waals surface area (Å²) < 4.78 is 56.3. The van der Waals surface area contributed by atoms with Gasteiger partial charge in [-0.15, -0.1) is 0 Å². The number of halogens is 4. The van der Waals surface area contributed by atoms with Gasteiger partial charge in [-0.1, -0.05) is 11.6 Å². The average Bonchev–Trinajstić information content (AvgIpc) is 3.62. The fraction of sp³-hybridized carbons (Fsp3) is 0.308. The number of aryl methyl sites for hydroxylation is 1. The van der Waals surface area contributed by atoms with Gasteiger partial charge in [0.25, 0.3) is 0 Å². The van der Waals surface area contributed by atoms with Crippen molar-refractivity contribution in [2.75, 3.05) is 37.8 Å². The van der Waals surface area contributed by atoms with Crippen LogP contribution in [-0.4, -0.2) is 67.3 Å². The number of nitrogens with zero attached hydrogens (tertiary/aromatic N) is 7. The van der Waals surface area contributed by atoms with Gasteiger partial charge in [0.15, 0.2) is 17.1 Å². The first-order chi connectivity index (χ1) is 19.6. The topological polar surface area (TPSA) is 107 Å². The van der Waals surface area contributed by atoms with Crippen molar-refractivity contribution in [2.24, 2.45) is 7.05 Å². The minimum atomic E-state index is -4.56. The molecule has 1 aliphatic rings. The SMILES string of the molecule is CNc1cn2ncc(Oc3cnc4nc(Nc5cc(O[C@H]6CCN(C)C6)cc(C(F)(F)F)c5)n(C)c4c3Cl)c2cn1. The van der Waals surface area contributed by atoms with Crippen LogP contribution in [-0.2, 0) is 13.2 Å². The van der Waals surface area contributed by atoms with Crippen LogP contribution >= 0.6 is 11.6 Å². The molecule has 0 radical (unpaired) electrons. The second-order valence-corrected chi connectivity index (χ2v) is 10.1. The number of anilines is 3. The Morgan fingerprint density at radius 1 is 1.07 bits per heavy atom. The number of likely N-dealkylation sites (tertiary alicyclic amines) is 1. The minimum absolute atomic E-state index is 0.123. The maximum absolute atomic E-state index is 13.7. The number of alkyl halides is 3. The first-order valence-corrected chi connectivity index (χ1v) is 13.0. The summed E-state index contributed by atoms with van der Waals surface area (Å²) in [6.45, 7) is 1.46. The van der Waals surface area contributed by atoms with Crippen molar-refractivity contribution in [3.63, 3.8) is 0 Å². The predicted octanol–water partition coefficient (Wildman–Crippen LogP) is 5.34. The van der Waals surface area contributed by atoms with E-state index in [1.165, 1.54) is 18.5 Å². The summed E-state index contributed by atoms with van der Waals surface area (Å²) in [6.07, 6.45) is 2.26. The van der Waals surface area contributed by atoms with Crippen LogP contribution in [0, 0.1) is 0 Å². The van der Waals surface area contributed by atoms with Crippen molar-refractivity contribution in [3.8, 4) is 17.2 Å². The highest BCUT2D eigenvalue weighted by atomic mass is 35.5. The fourth-order valence-electron chi connectivity index (χ4n) is 4.70. The third kappa shape index (κ3) is 5.27. The van der Waals surface area contributed by atoms with Crippen molar-refractivity contribution in [3.05, 3.63) is 53.6 Å². The van der Waals surface area contributed by atoms with Gasteiger partial charge in [-0.05, 0) is 25.6 Å². The number of aromatic nitrogens is 6. The van der Waals surface area contributed by atoms with Gasteiger partial charge in [0.05, 0.1) is 30.4 Å². The van der Waals surface area contributed by atoms with Gasteiger partial charge < -0.3 is 29.6 Å². The number of benzene rings is 1. The Kier molecular flexibility index (Phi) is 6.74. The quantitative estimate of drug-likeness (QED) is 0.261. The van der Waals surface area contributed by atoms with Crippen molar-refractivity contribution in [2.45, 2.75) is 18.7 Å². The van der Waals surface area contributed by atoms with Gasteiger partial charge in [-0.2, -0.15) is 23.3 Å². The summed E-state index contributed by atoms with van der Waals surface area (Å²) in [7, 11) is 5.37. The van der Waals surface area contributed by atoms with E-state index in [9.17, 15) is 13.2 Å². The van der Waals surface area contributed by atoms with Crippen LogP contribution in [0.2, 0.25) is 5.02 Å². The molecule has 0 amide bonds. The van der Waals surface area contributed by atoms with Crippen LogP contribution in [0.3, 0.4) is 0 Å². The van der Waals surface area contributed by atoms with E-state index < -0.39 is 11.7 Å². The van der Waals surface area contributed by atoms with Crippen molar-refractivity contribution < 1.29 is 22.6 Å². The molecule has 0 aliphatic carbocycles. The average molecular weight is 588 g/mol. The number of hydrogen-bond donors (Lipinski definition) is 2. The molecule has 5 heterocycles. The highest BCUT2D eigenvalue weighted by molar-refractivity contribution is 6.36. The molecule has 41 heavy (non-hydrogen) atoms. The molecule has 0 spiro atoms. The first-order valence-electron chi connectivity index (χ1n) is 12.6. The number of ether oxygens (including phenoxy) is 2. The van der Waals surface area contributed by atoms with Crippen LogP contribution < -0.4 is 20.1 Å². The van der Waals surface area contributed by atoms with Crippen molar-refractivity contribution in [1.29, 1.82) is 0 Å². The Morgan fingerprint density at radius 2 is 1.90 bits per heavy atom. The van der Waals surface area contributed by atoms with Crippen molar-refractivity contribution >= 4 is 45.7 Å². The van der Waals surface area contributed by atoms with E-state index >= 15 is 0 Å². The van der Waals surface area contributed by atoms with Gasteiger partial charge in [0, 0.05) is 38.9 Å². The summed E-state index contributed by atoms with van der Waals surface area (Å²) >= 11 is 6.72. The van der Waals surface area contributed by atoms with E-state index in [0.29, 0.717) is 29.1 Å². The molecule has 11 nitrogen and oxygen atoms in total. The lowest BCUT2D eigenvalue weighted by atomic mass is 10.1. The van der Waals surface area contributed by atoms with E-state index in [2.05, 4.69) is 35.6 Å². The maximum Gasteiger partial charge on any atom is 0.416 e. The third-order valence-corrected chi connectivity index (χ3v) is 7.16. The smallest absolute Gasteiger partial charge is 0.416 e. The zero-order valence-electron chi connectivity index (χ0n) is 22.2. The monoisotopic (exact) mass is 587 g/mol. The number of fused-ring (bicyclic) bond motifs is 2. The Morgan fingerprint density at radius 3 is 2.63 bits per heavy atom. The van der Waals surface area contributed by atoms with E-state index in [1.807, 2.05) is 7.05 Å². The lowest BCUT2D eigenvalue weighted by Crippen LogP contribution is -2.21. The molecule has 1 atom stereocenters. The zero-order valence-corrected chi connectivity index (χ0v) is 23.0. The Hall–Kier alpha value is -4.30. The van der Waals surface area contributed by atoms with E-state index in [0.717, 1.165) is 25.1 Å². The first kappa shape index (κ1) is 26.9. The molecule has 4 aromatic heterocycles. The molecule has 0 saturated carbocycles. The largest absolute Gasteiger partial charge is 0.489 e. The number of likely N-dealkylation sites (N-methyl/N-ethyl adjacent to an activating group) is 1. The normalized spacial score (nSPS) is 16.0. The van der Waals surface area contributed by atoms with Crippen LogP contribution in [0.15, 0.2) is 43.0 Å². The Balaban J connectivity index is 1.31. The molecule has 15 heteroatoms. The lowest BCUT2D eigenvalue weighted by Gasteiger charge is -2.17. The number of rotatable bonds is 7. The van der Waals surface area contributed by atoms with Crippen molar-refractivity contribution in [1.82, 2.24) is 34.0 Å². The summed E-state index contributed by atoms with van der Waals surface area (Å²) in [5, 5.41) is 10.4. The zero-order chi connectivity index (χ0) is 28.9. The number of pyridine rings is 1. The molecule has 2 N–H and O–H groups in total. The van der Waals surface area contributed by atoms with Gasteiger partial charge in [0.1, 0.15) is 33.7 Å². The minimum Gasteiger partial charge on any atom is -0.489 e. The summed E-state index contributed by atoms with van der Waals surface area (Å²) in [4.78, 5) is 15.2. The molecule has 1 aromatic carbocycles. The lowest BCUT2D eigenvalue weighted by molar-refractivity contribution is -0.137. The number of hydrogen-bond acceptors (Lipinski definition) is 9. The summed E-state index contributed by atoms with van der Waals surface area (Å²) in [5.41, 5.74) is 0.645. The second kappa shape index (κ2) is 10.3. The van der Waals surface area contributed by atoms with E-state index in [1.54, 1.807) is 35.6 Å². The molecular formula is C26H25ClF3N9O2. The van der Waals surface area contributed by atoms with Gasteiger partial charge >= 0.3 is 6.18 Å².